The Labute approximate surface area is 307 Å². The second kappa shape index (κ2) is 16.0. The van der Waals surface area contributed by atoms with Gasteiger partial charge in [-0.1, -0.05) is 65.5 Å². The van der Waals surface area contributed by atoms with E-state index in [1.165, 1.54) is 5.57 Å². The van der Waals surface area contributed by atoms with Crippen molar-refractivity contribution < 1.29 is 64.9 Å². The molecule has 2 saturated heterocycles. The van der Waals surface area contributed by atoms with E-state index in [-0.39, 0.29) is 47.2 Å². The van der Waals surface area contributed by atoms with Gasteiger partial charge >= 0.3 is 0 Å². The molecule has 0 amide bonds. The van der Waals surface area contributed by atoms with Crippen molar-refractivity contribution in [3.63, 3.8) is 0 Å². The summed E-state index contributed by atoms with van der Waals surface area (Å²) in [7, 11) is 0. The molecule has 0 aromatic heterocycles. The van der Waals surface area contributed by atoms with Crippen molar-refractivity contribution in [1.82, 2.24) is 0 Å². The lowest BCUT2D eigenvalue weighted by molar-refractivity contribution is -0.316. The summed E-state index contributed by atoms with van der Waals surface area (Å²) in [6, 6.07) is 0. The Bertz CT molecular complexity index is 1230. The second-order valence-electron chi connectivity index (χ2n) is 18.0. The van der Waals surface area contributed by atoms with Crippen LogP contribution in [0, 0.1) is 46.3 Å². The van der Waals surface area contributed by atoms with Gasteiger partial charge in [0.15, 0.2) is 12.6 Å². The molecule has 6 rings (SSSR count). The summed E-state index contributed by atoms with van der Waals surface area (Å²) in [6.07, 6.45) is -5.16. The maximum atomic E-state index is 12.3. The van der Waals surface area contributed by atoms with Crippen LogP contribution in [0.1, 0.15) is 92.4 Å². The van der Waals surface area contributed by atoms with Gasteiger partial charge in [-0.05, 0) is 79.4 Å². The first-order valence-electron chi connectivity index (χ1n) is 19.9. The van der Waals surface area contributed by atoms with E-state index in [1.54, 1.807) is 0 Å². The van der Waals surface area contributed by atoms with Crippen LogP contribution in [0.15, 0.2) is 11.6 Å². The van der Waals surface area contributed by atoms with Crippen molar-refractivity contribution in [2.75, 3.05) is 13.2 Å². The van der Waals surface area contributed by atoms with Crippen molar-refractivity contribution in [2.45, 2.75) is 172 Å². The van der Waals surface area contributed by atoms with Crippen molar-refractivity contribution >= 4 is 0 Å². The van der Waals surface area contributed by atoms with E-state index in [9.17, 15) is 46.0 Å². The molecule has 0 aromatic rings. The second-order valence-corrected chi connectivity index (χ2v) is 18.0. The third kappa shape index (κ3) is 7.18. The number of aliphatic hydroxyl groups excluding tert-OH is 9. The van der Waals surface area contributed by atoms with Gasteiger partial charge < -0.3 is 64.9 Å². The van der Waals surface area contributed by atoms with Gasteiger partial charge in [0, 0.05) is 5.41 Å². The molecule has 300 valence electrons. The largest absolute Gasteiger partial charge is 0.394 e. The number of allylic oxidation sites excluding steroid dienone is 1. The highest BCUT2D eigenvalue weighted by atomic mass is 16.7. The fourth-order valence-electron chi connectivity index (χ4n) is 11.6. The average molecular weight is 743 g/mol. The molecule has 0 radical (unpaired) electrons. The number of hydrogen-bond donors (Lipinski definition) is 9. The Morgan fingerprint density at radius 3 is 1.94 bits per heavy atom. The monoisotopic (exact) mass is 742 g/mol. The maximum absolute atomic E-state index is 12.3. The van der Waals surface area contributed by atoms with Crippen LogP contribution >= 0.6 is 0 Å². The molecule has 0 aromatic carbocycles. The summed E-state index contributed by atoms with van der Waals surface area (Å²) >= 11 is 0. The van der Waals surface area contributed by atoms with Crippen molar-refractivity contribution in [2.24, 2.45) is 46.3 Å². The molecule has 13 nitrogen and oxygen atoms in total. The number of ether oxygens (including phenoxy) is 4. The molecule has 5 fully saturated rings. The minimum atomic E-state index is -1.53. The molecule has 20 atom stereocenters. The highest BCUT2D eigenvalue weighted by Gasteiger charge is 2.66. The van der Waals surface area contributed by atoms with Gasteiger partial charge in [-0.2, -0.15) is 0 Å². The van der Waals surface area contributed by atoms with Crippen LogP contribution in [0.25, 0.3) is 0 Å². The SMILES string of the molecule is CC(C)CCCC(C)C1C(OC2OC(CO)C(O)C(O)C2O)CC2C3CC=C4CC(OC5OC(CO)C(O)C(O)C5O)CCC4(C)C3CC(O)C21C. The molecule has 20 unspecified atom stereocenters. The highest BCUT2D eigenvalue weighted by molar-refractivity contribution is 5.27. The predicted octanol–water partition coefficient (Wildman–Crippen LogP) is 0.979. The smallest absolute Gasteiger partial charge is 0.186 e. The molecular formula is C39H66O13. The van der Waals surface area contributed by atoms with Crippen molar-refractivity contribution in [1.29, 1.82) is 0 Å². The molecule has 0 spiro atoms. The van der Waals surface area contributed by atoms with E-state index < -0.39 is 86.1 Å². The highest BCUT2D eigenvalue weighted by Crippen LogP contribution is 2.68. The van der Waals surface area contributed by atoms with Gasteiger partial charge in [0.25, 0.3) is 0 Å². The minimum Gasteiger partial charge on any atom is -0.394 e. The van der Waals surface area contributed by atoms with Gasteiger partial charge in [0.1, 0.15) is 48.8 Å². The molecule has 2 aliphatic heterocycles. The van der Waals surface area contributed by atoms with Crippen LogP contribution in [0.4, 0.5) is 0 Å². The summed E-state index contributed by atoms with van der Waals surface area (Å²) in [4.78, 5) is 0. The number of aliphatic hydroxyl groups is 9. The minimum absolute atomic E-state index is 0.0613. The normalized spacial score (nSPS) is 51.4. The lowest BCUT2D eigenvalue weighted by Crippen LogP contribution is -2.60. The van der Waals surface area contributed by atoms with Gasteiger partial charge in [0.05, 0.1) is 31.5 Å². The van der Waals surface area contributed by atoms with E-state index in [0.29, 0.717) is 31.6 Å². The van der Waals surface area contributed by atoms with Crippen molar-refractivity contribution in [3.8, 4) is 0 Å². The first-order valence-corrected chi connectivity index (χ1v) is 19.9. The van der Waals surface area contributed by atoms with E-state index in [4.69, 9.17) is 18.9 Å². The van der Waals surface area contributed by atoms with Gasteiger partial charge in [0.2, 0.25) is 0 Å². The van der Waals surface area contributed by atoms with Crippen LogP contribution in [0.2, 0.25) is 0 Å². The molecule has 2 heterocycles. The van der Waals surface area contributed by atoms with Gasteiger partial charge in [-0.15, -0.1) is 0 Å². The topological polar surface area (TPSA) is 219 Å². The third-order valence-corrected chi connectivity index (χ3v) is 14.6. The fraction of sp³-hybridized carbons (Fsp3) is 0.949. The Kier molecular flexibility index (Phi) is 12.6. The summed E-state index contributed by atoms with van der Waals surface area (Å²) in [5.41, 5.74) is 0.563. The zero-order valence-electron chi connectivity index (χ0n) is 31.5. The Hall–Kier alpha value is -0.780. The summed E-state index contributed by atoms with van der Waals surface area (Å²) in [6.45, 7) is 10.1. The molecule has 13 heteroatoms. The Morgan fingerprint density at radius 1 is 0.769 bits per heavy atom. The molecule has 0 bridgehead atoms. The number of fused-ring (bicyclic) bond motifs is 5. The maximum Gasteiger partial charge on any atom is 0.186 e. The fourth-order valence-corrected chi connectivity index (χ4v) is 11.6. The lowest BCUT2D eigenvalue weighted by Gasteiger charge is -2.60. The summed E-state index contributed by atoms with van der Waals surface area (Å²) in [5.74, 6) is 1.26. The van der Waals surface area contributed by atoms with Gasteiger partial charge in [-0.3, -0.25) is 0 Å². The van der Waals surface area contributed by atoms with Crippen LogP contribution in [0.5, 0.6) is 0 Å². The first kappa shape index (κ1) is 40.9. The molecule has 52 heavy (non-hydrogen) atoms. The van der Waals surface area contributed by atoms with Crippen LogP contribution in [0.3, 0.4) is 0 Å². The predicted molar refractivity (Wildman–Crippen MR) is 187 cm³/mol. The zero-order valence-corrected chi connectivity index (χ0v) is 31.5. The molecular weight excluding hydrogens is 676 g/mol. The quantitative estimate of drug-likeness (QED) is 0.135. The van der Waals surface area contributed by atoms with E-state index in [0.717, 1.165) is 32.1 Å². The van der Waals surface area contributed by atoms with E-state index >= 15 is 0 Å². The summed E-state index contributed by atoms with van der Waals surface area (Å²) in [5, 5.41) is 94.9. The number of hydrogen-bond acceptors (Lipinski definition) is 13. The molecule has 6 aliphatic rings. The average Bonchev–Trinajstić information content (AvgIpc) is 3.42. The first-order chi connectivity index (χ1) is 24.6. The van der Waals surface area contributed by atoms with Crippen LogP contribution in [-0.2, 0) is 18.9 Å². The van der Waals surface area contributed by atoms with Gasteiger partial charge in [-0.25, -0.2) is 0 Å². The third-order valence-electron chi connectivity index (χ3n) is 14.6. The Morgan fingerprint density at radius 2 is 1.37 bits per heavy atom. The molecule has 9 N–H and O–H groups in total. The Balaban J connectivity index is 1.23. The molecule has 3 saturated carbocycles. The van der Waals surface area contributed by atoms with Crippen LogP contribution in [-0.4, -0.2) is 139 Å². The lowest BCUT2D eigenvalue weighted by atomic mass is 9.46. The van der Waals surface area contributed by atoms with E-state index in [2.05, 4.69) is 40.7 Å². The summed E-state index contributed by atoms with van der Waals surface area (Å²) < 4.78 is 24.3. The van der Waals surface area contributed by atoms with E-state index in [1.807, 2.05) is 0 Å². The standard InChI is InChI=1S/C39H66O13/c1-18(2)7-6-8-19(3)29-25(50-37-35(48)33(46)31(44)27(17-41)52-37)14-24-22-10-9-20-13-21(49-36-34(47)32(45)30(43)26(16-40)51-36)11-12-38(20,4)23(22)15-28(42)39(24,29)5/h9,18-19,21-37,40-48H,6-8,10-17H2,1-5H3. The molecule has 4 aliphatic carbocycles. The zero-order chi connectivity index (χ0) is 37.9. The number of rotatable bonds is 11. The van der Waals surface area contributed by atoms with Crippen molar-refractivity contribution in [3.05, 3.63) is 11.6 Å². The van der Waals surface area contributed by atoms with Crippen LogP contribution < -0.4 is 0 Å².